The van der Waals surface area contributed by atoms with Crippen LogP contribution in [-0.2, 0) is 32.9 Å². The van der Waals surface area contributed by atoms with E-state index in [0.29, 0.717) is 124 Å². The van der Waals surface area contributed by atoms with Gasteiger partial charge in [0.2, 0.25) is 20.0 Å². The van der Waals surface area contributed by atoms with Crippen LogP contribution < -0.4 is 20.9 Å². The average molecular weight is 1100 g/mol. The quantitative estimate of drug-likeness (QED) is 0.0385. The van der Waals surface area contributed by atoms with Gasteiger partial charge in [-0.3, -0.25) is 18.7 Å². The van der Waals surface area contributed by atoms with E-state index in [2.05, 4.69) is 18.7 Å². The van der Waals surface area contributed by atoms with Gasteiger partial charge in [0.15, 0.2) is 5.16 Å². The molecule has 2 aromatic heterocycles. The lowest BCUT2D eigenvalue weighted by molar-refractivity contribution is 0.382. The van der Waals surface area contributed by atoms with E-state index in [1.54, 1.807) is 100 Å². The number of rotatable bonds is 21. The Bertz CT molecular complexity index is 3130. The van der Waals surface area contributed by atoms with Gasteiger partial charge >= 0.3 is 0 Å². The van der Waals surface area contributed by atoms with Crippen LogP contribution >= 0.6 is 35.0 Å². The van der Waals surface area contributed by atoms with E-state index < -0.39 is 20.0 Å². The van der Waals surface area contributed by atoms with Gasteiger partial charge in [-0.25, -0.2) is 26.8 Å². The highest BCUT2D eigenvalue weighted by atomic mass is 35.5. The van der Waals surface area contributed by atoms with Crippen molar-refractivity contribution in [3.8, 4) is 11.4 Å². The third-order valence-electron chi connectivity index (χ3n) is 13.4. The van der Waals surface area contributed by atoms with Crippen molar-refractivity contribution in [1.82, 2.24) is 27.7 Å². The van der Waals surface area contributed by atoms with Crippen molar-refractivity contribution in [2.45, 2.75) is 106 Å². The summed E-state index contributed by atoms with van der Waals surface area (Å²) in [6.45, 7) is 7.60. The number of hydrogen-bond donors (Lipinski definition) is 0. The molecule has 0 amide bonds. The number of hydrogen-bond acceptors (Lipinski definition) is 11. The van der Waals surface area contributed by atoms with Crippen LogP contribution in [-0.4, -0.2) is 103 Å². The van der Waals surface area contributed by atoms with Crippen LogP contribution in [0.15, 0.2) is 140 Å². The number of thioether (sulfide) groups is 1. The summed E-state index contributed by atoms with van der Waals surface area (Å²) in [5.41, 5.74) is 2.54. The summed E-state index contributed by atoms with van der Waals surface area (Å²) in [5, 5.41) is 1.70. The fourth-order valence-electron chi connectivity index (χ4n) is 9.34. The first kappa shape index (κ1) is 56.7. The normalized spacial score (nSPS) is 14.7. The molecule has 4 aromatic carbocycles. The van der Waals surface area contributed by atoms with Crippen LogP contribution in [0.4, 0.5) is 11.6 Å². The third-order valence-corrected chi connectivity index (χ3v) is 18.3. The summed E-state index contributed by atoms with van der Waals surface area (Å²) in [6.07, 6.45) is 15.6. The number of benzene rings is 4. The van der Waals surface area contributed by atoms with Crippen molar-refractivity contribution in [2.24, 2.45) is 0 Å². The van der Waals surface area contributed by atoms with Gasteiger partial charge in [-0.15, -0.1) is 0 Å². The lowest BCUT2D eigenvalue weighted by atomic mass is 10.1. The minimum atomic E-state index is -3.56. The largest absolute Gasteiger partial charge is 0.354 e. The lowest BCUT2D eigenvalue weighted by Gasteiger charge is -2.35. The van der Waals surface area contributed by atoms with Crippen LogP contribution in [0.5, 0.6) is 0 Å². The highest BCUT2D eigenvalue weighted by molar-refractivity contribution is 7.98. The second-order valence-electron chi connectivity index (χ2n) is 18.5. The molecular weight excluding hydrogens is 1040 g/mol. The SMILES string of the molecule is CCCCCCCc1c(N2CCN(S(=O)(=O)c3ccccc3)CC2)nc(SC)n(-c2cccc(Cl)c2)c1=O.CCCCCCCc1c(N2CCN(S(=O)(=O)c3ccccc3)CC2)ncn(-c2cccc(Cl)c2)c1=O. The van der Waals surface area contributed by atoms with E-state index in [1.807, 2.05) is 35.4 Å². The van der Waals surface area contributed by atoms with Crippen molar-refractivity contribution in [2.75, 3.05) is 68.4 Å². The Balaban J connectivity index is 0.000000217. The van der Waals surface area contributed by atoms with Gasteiger partial charge in [0.25, 0.3) is 11.1 Å². The molecule has 19 heteroatoms. The van der Waals surface area contributed by atoms with Crippen LogP contribution in [0.2, 0.25) is 10.0 Å². The zero-order chi connectivity index (χ0) is 52.7. The van der Waals surface area contributed by atoms with Crippen LogP contribution in [0.1, 0.15) is 89.2 Å². The molecular formula is C55H68Cl2N8O6S3. The Kier molecular flexibility index (Phi) is 20.8. The minimum absolute atomic E-state index is 0.0866. The Labute approximate surface area is 451 Å². The Hall–Kier alpha value is -5.01. The monoisotopic (exact) mass is 1100 g/mol. The standard InChI is InChI=1S/C28H35ClN4O3S2.C27H33ClN4O3S/c1-3-4-5-6-10-16-25-26(30-28(37-2)33(27(25)34)23-13-11-12-22(29)21-23)31-17-19-32(20-18-31)38(35,36)24-14-8-7-9-15-24;1-2-3-4-5-9-15-25-26(29-21-32(27(25)33)23-12-10-11-22(28)20-23)30-16-18-31(19-17-30)36(34,35)24-13-7-6-8-14-24/h7-9,11-15,21H,3-6,10,16-20H2,1-2H3;6-8,10-14,20-21H,2-5,9,15-19H2,1H3. The number of anilines is 2. The summed E-state index contributed by atoms with van der Waals surface area (Å²) in [5.74, 6) is 1.33. The highest BCUT2D eigenvalue weighted by Crippen LogP contribution is 2.28. The Morgan fingerprint density at radius 3 is 1.45 bits per heavy atom. The van der Waals surface area contributed by atoms with Gasteiger partial charge in [0.05, 0.1) is 32.3 Å². The molecule has 14 nitrogen and oxygen atoms in total. The second kappa shape index (κ2) is 27.2. The van der Waals surface area contributed by atoms with Gasteiger partial charge in [-0.1, -0.05) is 149 Å². The van der Waals surface area contributed by atoms with Gasteiger partial charge in [0, 0.05) is 62.4 Å². The van der Waals surface area contributed by atoms with E-state index in [9.17, 15) is 26.4 Å². The topological polar surface area (TPSA) is 151 Å². The Morgan fingerprint density at radius 2 is 0.973 bits per heavy atom. The molecule has 6 aromatic rings. The minimum Gasteiger partial charge on any atom is -0.354 e. The molecule has 0 radical (unpaired) electrons. The molecule has 0 bridgehead atoms. The van der Waals surface area contributed by atoms with E-state index in [-0.39, 0.29) is 11.1 Å². The summed E-state index contributed by atoms with van der Waals surface area (Å²) < 4.78 is 58.6. The lowest BCUT2D eigenvalue weighted by Crippen LogP contribution is -2.49. The van der Waals surface area contributed by atoms with Gasteiger partial charge in [-0.05, 0) is 92.6 Å². The highest BCUT2D eigenvalue weighted by Gasteiger charge is 2.32. The van der Waals surface area contributed by atoms with Crippen LogP contribution in [0.3, 0.4) is 0 Å². The van der Waals surface area contributed by atoms with E-state index >= 15 is 0 Å². The number of unbranched alkanes of at least 4 members (excludes halogenated alkanes) is 8. The first-order chi connectivity index (χ1) is 35.8. The predicted octanol–water partition coefficient (Wildman–Crippen LogP) is 10.5. The van der Waals surface area contributed by atoms with E-state index in [4.69, 9.17) is 33.2 Å². The Morgan fingerprint density at radius 1 is 0.527 bits per heavy atom. The van der Waals surface area contributed by atoms with Crippen molar-refractivity contribution in [1.29, 1.82) is 0 Å². The fourth-order valence-corrected chi connectivity index (χ4v) is 13.1. The fraction of sp³-hybridized carbons (Fsp3) is 0.418. The third kappa shape index (κ3) is 14.1. The van der Waals surface area contributed by atoms with Crippen molar-refractivity contribution in [3.05, 3.63) is 157 Å². The van der Waals surface area contributed by atoms with Crippen LogP contribution in [0, 0.1) is 0 Å². The zero-order valence-corrected chi connectivity index (χ0v) is 46.6. The summed E-state index contributed by atoms with van der Waals surface area (Å²) in [6, 6.07) is 31.5. The maximum absolute atomic E-state index is 14.0. The van der Waals surface area contributed by atoms with Gasteiger partial charge in [-0.2, -0.15) is 8.61 Å². The number of nitrogens with zero attached hydrogens (tertiary/aromatic N) is 8. The molecule has 2 aliphatic heterocycles. The molecule has 0 aliphatic carbocycles. The number of halogens is 2. The molecule has 0 atom stereocenters. The molecule has 8 rings (SSSR count). The summed E-state index contributed by atoms with van der Waals surface area (Å²) in [7, 11) is -7.11. The number of sulfonamides is 2. The zero-order valence-electron chi connectivity index (χ0n) is 42.6. The van der Waals surface area contributed by atoms with Crippen molar-refractivity contribution < 1.29 is 16.8 Å². The van der Waals surface area contributed by atoms with Crippen molar-refractivity contribution >= 4 is 66.6 Å². The molecule has 0 saturated carbocycles. The molecule has 74 heavy (non-hydrogen) atoms. The molecule has 0 unspecified atom stereocenters. The molecule has 0 N–H and O–H groups in total. The van der Waals surface area contributed by atoms with Crippen LogP contribution in [0.25, 0.3) is 11.4 Å². The van der Waals surface area contributed by atoms with Gasteiger partial charge < -0.3 is 9.80 Å². The molecule has 2 aliphatic rings. The van der Waals surface area contributed by atoms with E-state index in [0.717, 1.165) is 51.4 Å². The summed E-state index contributed by atoms with van der Waals surface area (Å²) in [4.78, 5) is 42.0. The smallest absolute Gasteiger partial charge is 0.264 e. The summed E-state index contributed by atoms with van der Waals surface area (Å²) >= 11 is 13.8. The molecule has 2 fully saturated rings. The molecule has 4 heterocycles. The number of aromatic nitrogens is 4. The molecule has 2 saturated heterocycles. The molecule has 396 valence electrons. The molecule has 0 spiro atoms. The average Bonchev–Trinajstić information content (AvgIpc) is 3.42. The number of piperazine rings is 2. The maximum Gasteiger partial charge on any atom is 0.264 e. The first-order valence-corrected chi connectivity index (χ1v) is 30.6. The maximum atomic E-state index is 14.0. The van der Waals surface area contributed by atoms with E-state index in [1.165, 1.54) is 33.2 Å². The van der Waals surface area contributed by atoms with Gasteiger partial charge in [0.1, 0.15) is 18.0 Å². The second-order valence-corrected chi connectivity index (χ2v) is 24.0. The predicted molar refractivity (Wildman–Crippen MR) is 301 cm³/mol. The van der Waals surface area contributed by atoms with Crippen molar-refractivity contribution in [3.63, 3.8) is 0 Å². The first-order valence-electron chi connectivity index (χ1n) is 25.7.